The second kappa shape index (κ2) is 4.32. The van der Waals surface area contributed by atoms with E-state index in [9.17, 15) is 4.79 Å². The molecule has 0 bridgehead atoms. The zero-order chi connectivity index (χ0) is 11.7. The van der Waals surface area contributed by atoms with Gasteiger partial charge in [-0.2, -0.15) is 5.26 Å². The van der Waals surface area contributed by atoms with Crippen molar-refractivity contribution < 1.29 is 4.79 Å². The highest BCUT2D eigenvalue weighted by atomic mass is 35.5. The summed E-state index contributed by atoms with van der Waals surface area (Å²) in [5.41, 5.74) is 0.978. The molecular formula is C11H8Cl2N2O. The van der Waals surface area contributed by atoms with Crippen molar-refractivity contribution in [1.82, 2.24) is 0 Å². The molecule has 1 aromatic carbocycles. The molecule has 0 spiro atoms. The van der Waals surface area contributed by atoms with E-state index in [2.05, 4.69) is 0 Å². The third-order valence-corrected chi connectivity index (χ3v) is 2.98. The van der Waals surface area contributed by atoms with Crippen molar-refractivity contribution in [2.75, 3.05) is 11.4 Å². The van der Waals surface area contributed by atoms with Gasteiger partial charge in [0.05, 0.1) is 16.6 Å². The fourth-order valence-electron chi connectivity index (χ4n) is 1.72. The zero-order valence-corrected chi connectivity index (χ0v) is 9.79. The van der Waals surface area contributed by atoms with Gasteiger partial charge in [0.2, 0.25) is 5.91 Å². The Labute approximate surface area is 103 Å². The SMILES string of the molecule is N#Cc1ccc(Cl)cc1N1CC(Cl)CC1=O. The third kappa shape index (κ3) is 1.99. The number of alkyl halides is 1. The van der Waals surface area contributed by atoms with Crippen LogP contribution in [-0.2, 0) is 4.79 Å². The molecule has 0 N–H and O–H groups in total. The highest BCUT2D eigenvalue weighted by molar-refractivity contribution is 6.31. The van der Waals surface area contributed by atoms with E-state index >= 15 is 0 Å². The van der Waals surface area contributed by atoms with Crippen LogP contribution in [0.1, 0.15) is 12.0 Å². The Morgan fingerprint density at radius 1 is 1.50 bits per heavy atom. The predicted octanol–water partition coefficient (Wildman–Crippen LogP) is 2.56. The van der Waals surface area contributed by atoms with Gasteiger partial charge in [-0.3, -0.25) is 4.79 Å². The molecule has 1 aromatic rings. The molecule has 0 saturated carbocycles. The minimum atomic E-state index is -0.196. The number of amides is 1. The van der Waals surface area contributed by atoms with Gasteiger partial charge in [0.1, 0.15) is 6.07 Å². The number of benzene rings is 1. The van der Waals surface area contributed by atoms with Crippen LogP contribution in [0.15, 0.2) is 18.2 Å². The first-order chi connectivity index (χ1) is 7.61. The number of hydrogen-bond donors (Lipinski definition) is 0. The number of halogens is 2. The lowest BCUT2D eigenvalue weighted by Gasteiger charge is -2.17. The van der Waals surface area contributed by atoms with E-state index < -0.39 is 0 Å². The Balaban J connectivity index is 2.44. The predicted molar refractivity (Wildman–Crippen MR) is 62.8 cm³/mol. The summed E-state index contributed by atoms with van der Waals surface area (Å²) in [6.45, 7) is 0.426. The number of hydrogen-bond acceptors (Lipinski definition) is 2. The fourth-order valence-corrected chi connectivity index (χ4v) is 2.16. The molecule has 82 valence electrons. The van der Waals surface area contributed by atoms with Crippen LogP contribution in [0.3, 0.4) is 0 Å². The second-order valence-electron chi connectivity index (χ2n) is 3.58. The van der Waals surface area contributed by atoms with Crippen molar-refractivity contribution in [2.24, 2.45) is 0 Å². The van der Waals surface area contributed by atoms with E-state index in [4.69, 9.17) is 28.5 Å². The first kappa shape index (κ1) is 11.3. The molecule has 2 rings (SSSR count). The Kier molecular flexibility index (Phi) is 3.04. The van der Waals surface area contributed by atoms with Gasteiger partial charge in [-0.15, -0.1) is 11.6 Å². The molecule has 1 atom stereocenters. The number of rotatable bonds is 1. The maximum absolute atomic E-state index is 11.7. The van der Waals surface area contributed by atoms with Gasteiger partial charge in [-0.05, 0) is 18.2 Å². The van der Waals surface area contributed by atoms with Gasteiger partial charge >= 0.3 is 0 Å². The molecule has 0 aliphatic carbocycles. The summed E-state index contributed by atoms with van der Waals surface area (Å²) in [5.74, 6) is -0.0706. The fraction of sp³-hybridized carbons (Fsp3) is 0.273. The quantitative estimate of drug-likeness (QED) is 0.724. The van der Waals surface area contributed by atoms with Crippen LogP contribution in [0.5, 0.6) is 0 Å². The average Bonchev–Trinajstić information content (AvgIpc) is 2.57. The Hall–Kier alpha value is -1.24. The average molecular weight is 255 g/mol. The van der Waals surface area contributed by atoms with Crippen LogP contribution in [0.4, 0.5) is 5.69 Å². The molecule has 0 radical (unpaired) electrons. The van der Waals surface area contributed by atoms with E-state index in [0.717, 1.165) is 0 Å². The third-order valence-electron chi connectivity index (χ3n) is 2.45. The summed E-state index contributed by atoms with van der Waals surface area (Å²) in [4.78, 5) is 13.2. The lowest BCUT2D eigenvalue weighted by molar-refractivity contribution is -0.117. The highest BCUT2D eigenvalue weighted by Crippen LogP contribution is 2.29. The van der Waals surface area contributed by atoms with E-state index in [1.54, 1.807) is 18.2 Å². The molecule has 3 nitrogen and oxygen atoms in total. The molecule has 1 heterocycles. The Bertz CT molecular complexity index is 481. The summed E-state index contributed by atoms with van der Waals surface area (Å²) >= 11 is 11.8. The van der Waals surface area contributed by atoms with Crippen molar-refractivity contribution in [3.8, 4) is 6.07 Å². The van der Waals surface area contributed by atoms with Crippen LogP contribution >= 0.6 is 23.2 Å². The van der Waals surface area contributed by atoms with Crippen LogP contribution in [0, 0.1) is 11.3 Å². The Morgan fingerprint density at radius 3 is 2.81 bits per heavy atom. The molecule has 1 aliphatic rings. The summed E-state index contributed by atoms with van der Waals surface area (Å²) in [6.07, 6.45) is 0.305. The minimum absolute atomic E-state index is 0.0706. The minimum Gasteiger partial charge on any atom is -0.309 e. The molecule has 1 amide bonds. The lowest BCUT2D eigenvalue weighted by Crippen LogP contribution is -2.25. The second-order valence-corrected chi connectivity index (χ2v) is 4.63. The molecule has 5 heteroatoms. The summed E-state index contributed by atoms with van der Waals surface area (Å²) in [6, 6.07) is 6.89. The monoisotopic (exact) mass is 254 g/mol. The van der Waals surface area contributed by atoms with E-state index in [-0.39, 0.29) is 11.3 Å². The maximum atomic E-state index is 11.7. The van der Waals surface area contributed by atoms with Gasteiger partial charge in [0.15, 0.2) is 0 Å². The highest BCUT2D eigenvalue weighted by Gasteiger charge is 2.30. The van der Waals surface area contributed by atoms with Gasteiger partial charge in [-0.25, -0.2) is 0 Å². The zero-order valence-electron chi connectivity index (χ0n) is 8.28. The van der Waals surface area contributed by atoms with Crippen molar-refractivity contribution >= 4 is 34.8 Å². The number of nitrogens with zero attached hydrogens (tertiary/aromatic N) is 2. The number of carbonyl (C=O) groups excluding carboxylic acids is 1. The topological polar surface area (TPSA) is 44.1 Å². The number of nitriles is 1. The normalized spacial score (nSPS) is 19.9. The van der Waals surface area contributed by atoms with Gasteiger partial charge in [0, 0.05) is 18.0 Å². The van der Waals surface area contributed by atoms with Crippen LogP contribution in [0.2, 0.25) is 5.02 Å². The summed E-state index contributed by atoms with van der Waals surface area (Å²) in [5, 5.41) is 9.26. The summed E-state index contributed by atoms with van der Waals surface area (Å²) < 4.78 is 0. The molecule has 1 unspecified atom stereocenters. The number of carbonyl (C=O) groups is 1. The Morgan fingerprint density at radius 2 is 2.25 bits per heavy atom. The van der Waals surface area contributed by atoms with Crippen LogP contribution in [-0.4, -0.2) is 17.8 Å². The van der Waals surface area contributed by atoms with Gasteiger partial charge < -0.3 is 4.90 Å². The molecule has 16 heavy (non-hydrogen) atoms. The van der Waals surface area contributed by atoms with Gasteiger partial charge in [-0.1, -0.05) is 11.6 Å². The molecular weight excluding hydrogens is 247 g/mol. The van der Waals surface area contributed by atoms with Gasteiger partial charge in [0.25, 0.3) is 0 Å². The molecule has 1 aliphatic heterocycles. The molecule has 1 saturated heterocycles. The lowest BCUT2D eigenvalue weighted by atomic mass is 10.2. The maximum Gasteiger partial charge on any atom is 0.228 e. The van der Waals surface area contributed by atoms with Crippen molar-refractivity contribution in [3.05, 3.63) is 28.8 Å². The number of anilines is 1. The van der Waals surface area contributed by atoms with E-state index in [0.29, 0.717) is 29.2 Å². The molecule has 1 fully saturated rings. The van der Waals surface area contributed by atoms with Crippen LogP contribution in [0.25, 0.3) is 0 Å². The van der Waals surface area contributed by atoms with E-state index in [1.807, 2.05) is 6.07 Å². The van der Waals surface area contributed by atoms with Crippen molar-refractivity contribution in [3.63, 3.8) is 0 Å². The van der Waals surface area contributed by atoms with E-state index in [1.165, 1.54) is 4.90 Å². The van der Waals surface area contributed by atoms with Crippen molar-refractivity contribution in [1.29, 1.82) is 5.26 Å². The summed E-state index contributed by atoms with van der Waals surface area (Å²) in [7, 11) is 0. The molecule has 0 aromatic heterocycles. The largest absolute Gasteiger partial charge is 0.309 e. The van der Waals surface area contributed by atoms with Crippen LogP contribution < -0.4 is 4.90 Å². The van der Waals surface area contributed by atoms with Crippen molar-refractivity contribution in [2.45, 2.75) is 11.8 Å². The smallest absolute Gasteiger partial charge is 0.228 e. The first-order valence-electron chi connectivity index (χ1n) is 4.76. The standard InChI is InChI=1S/C11H8Cl2N2O/c12-8-2-1-7(5-14)10(3-8)15-6-9(13)4-11(15)16/h1-3,9H,4,6H2. The first-order valence-corrected chi connectivity index (χ1v) is 5.57.